The van der Waals surface area contributed by atoms with Crippen LogP contribution in [0.1, 0.15) is 31.1 Å². The van der Waals surface area contributed by atoms with Crippen molar-refractivity contribution in [2.75, 3.05) is 39.3 Å². The van der Waals surface area contributed by atoms with Crippen LogP contribution in [0.25, 0.3) is 32.9 Å². The molecule has 3 aromatic carbocycles. The van der Waals surface area contributed by atoms with Gasteiger partial charge in [-0.15, -0.1) is 0 Å². The predicted molar refractivity (Wildman–Crippen MR) is 186 cm³/mol. The molecule has 3 aromatic heterocycles. The first-order chi connectivity index (χ1) is 24.9. The van der Waals surface area contributed by atoms with Gasteiger partial charge in [-0.2, -0.15) is 0 Å². The molecule has 0 fully saturated rings. The first-order valence-electron chi connectivity index (χ1n) is 15.8. The van der Waals surface area contributed by atoms with Crippen molar-refractivity contribution in [3.05, 3.63) is 121 Å². The van der Waals surface area contributed by atoms with Crippen LogP contribution < -0.4 is 32.8 Å². The summed E-state index contributed by atoms with van der Waals surface area (Å²) in [4.78, 5) is 77.9. The van der Waals surface area contributed by atoms with E-state index in [-0.39, 0.29) is 90.0 Å². The molecule has 0 atom stereocenters. The molecule has 0 saturated heterocycles. The Hall–Kier alpha value is -6.94. The number of amides is 3. The number of nitrogens with one attached hydrogen (secondary N) is 3. The number of fused-ring (bicyclic) bond motifs is 3. The van der Waals surface area contributed by atoms with Crippen molar-refractivity contribution in [2.24, 2.45) is 0 Å². The van der Waals surface area contributed by atoms with Gasteiger partial charge in [0, 0.05) is 73.6 Å². The minimum Gasteiger partial charge on any atom is -0.508 e. The molecule has 3 heterocycles. The molecule has 0 saturated carbocycles. The smallest absolute Gasteiger partial charge is 0.349 e. The van der Waals surface area contributed by atoms with Crippen LogP contribution in [0.3, 0.4) is 0 Å². The molecule has 0 radical (unpaired) electrons. The van der Waals surface area contributed by atoms with Gasteiger partial charge in [-0.3, -0.25) is 19.3 Å². The third kappa shape index (κ3) is 7.92. The van der Waals surface area contributed by atoms with Crippen LogP contribution in [-0.4, -0.2) is 77.2 Å². The number of hydrogen-bond donors (Lipinski definition) is 6. The molecular weight excluding hydrogens is 680 g/mol. The summed E-state index contributed by atoms with van der Waals surface area (Å²) in [6.07, 6.45) is 0. The zero-order valence-electron chi connectivity index (χ0n) is 27.1. The first kappa shape index (κ1) is 34.9. The Morgan fingerprint density at radius 1 is 0.481 bits per heavy atom. The maximum absolute atomic E-state index is 12.9. The maximum atomic E-state index is 12.9. The highest BCUT2D eigenvalue weighted by Crippen LogP contribution is 2.21. The standard InChI is InChI=1S/C36H30N4O12/c41-22-4-1-19-13-25(34(47)50-28(19)16-22)31(44)37-7-10-40(11-8-38-32(45)26-14-20-2-5-23(42)17-29(20)51-35(26)48)12-9-39-33(46)27-15-21-3-6-24(43)18-30(21)52-36(27)49/h1-6,13-18,41-43H,7-12H2,(H,37,44)(H,38,45)(H,39,46). The third-order valence-electron chi connectivity index (χ3n) is 8.03. The Bertz CT molecular complexity index is 2260. The minimum atomic E-state index is -0.900. The van der Waals surface area contributed by atoms with Crippen LogP contribution in [0.5, 0.6) is 17.2 Å². The molecule has 6 N–H and O–H groups in total. The molecule has 0 spiro atoms. The van der Waals surface area contributed by atoms with Gasteiger partial charge in [-0.05, 0) is 54.6 Å². The highest BCUT2D eigenvalue weighted by Gasteiger charge is 2.18. The van der Waals surface area contributed by atoms with Gasteiger partial charge >= 0.3 is 16.9 Å². The number of benzene rings is 3. The summed E-state index contributed by atoms with van der Waals surface area (Å²) in [6, 6.07) is 16.4. The van der Waals surface area contributed by atoms with Crippen molar-refractivity contribution >= 4 is 50.6 Å². The summed E-state index contributed by atoms with van der Waals surface area (Å²) < 4.78 is 15.5. The van der Waals surface area contributed by atoms with Crippen molar-refractivity contribution in [2.45, 2.75) is 0 Å². The molecule has 0 aliphatic carbocycles. The van der Waals surface area contributed by atoms with Crippen LogP contribution in [-0.2, 0) is 0 Å². The van der Waals surface area contributed by atoms with Crippen molar-refractivity contribution in [1.29, 1.82) is 0 Å². The zero-order valence-corrected chi connectivity index (χ0v) is 27.1. The molecule has 3 amide bonds. The summed E-state index contributed by atoms with van der Waals surface area (Å²) in [5, 5.41) is 38.1. The van der Waals surface area contributed by atoms with Gasteiger partial charge in [0.25, 0.3) is 17.7 Å². The molecular formula is C36H30N4O12. The Labute approximate surface area is 291 Å². The van der Waals surface area contributed by atoms with Crippen molar-refractivity contribution < 1.29 is 43.0 Å². The number of phenols is 3. The topological polar surface area (TPSA) is 242 Å². The SMILES string of the molecule is O=C(NCCN(CCNC(=O)c1cc2ccc(O)cc2oc1=O)CCNC(=O)c1cc2ccc(O)cc2oc1=O)c1cc2ccc(O)cc2oc1=O. The summed E-state index contributed by atoms with van der Waals surface area (Å²) >= 11 is 0. The normalized spacial score (nSPS) is 11.2. The predicted octanol–water partition coefficient (Wildman–Crippen LogP) is 2.01. The summed E-state index contributed by atoms with van der Waals surface area (Å²) in [7, 11) is 0. The molecule has 6 rings (SSSR count). The van der Waals surface area contributed by atoms with Gasteiger partial charge in [-0.1, -0.05) is 0 Å². The fourth-order valence-electron chi connectivity index (χ4n) is 5.38. The van der Waals surface area contributed by atoms with E-state index >= 15 is 0 Å². The largest absolute Gasteiger partial charge is 0.508 e. The molecule has 16 heteroatoms. The van der Waals surface area contributed by atoms with E-state index in [2.05, 4.69) is 16.0 Å². The lowest BCUT2D eigenvalue weighted by Gasteiger charge is -2.23. The molecule has 52 heavy (non-hydrogen) atoms. The van der Waals surface area contributed by atoms with E-state index in [4.69, 9.17) is 13.3 Å². The van der Waals surface area contributed by atoms with Gasteiger partial charge in [0.15, 0.2) is 0 Å². The number of rotatable bonds is 12. The first-order valence-corrected chi connectivity index (χ1v) is 15.8. The van der Waals surface area contributed by atoms with E-state index in [0.29, 0.717) is 16.2 Å². The number of aromatic hydroxyl groups is 3. The monoisotopic (exact) mass is 710 g/mol. The summed E-state index contributed by atoms with van der Waals surface area (Å²) in [6.45, 7) is 0.594. The summed E-state index contributed by atoms with van der Waals surface area (Å²) in [5.74, 6) is -2.45. The van der Waals surface area contributed by atoms with E-state index in [1.165, 1.54) is 72.8 Å². The Morgan fingerprint density at radius 2 is 0.769 bits per heavy atom. The van der Waals surface area contributed by atoms with Crippen molar-refractivity contribution in [3.63, 3.8) is 0 Å². The van der Waals surface area contributed by atoms with Crippen LogP contribution in [0, 0.1) is 0 Å². The van der Waals surface area contributed by atoms with Gasteiger partial charge in [-0.25, -0.2) is 14.4 Å². The second-order valence-electron chi connectivity index (χ2n) is 11.6. The lowest BCUT2D eigenvalue weighted by molar-refractivity contribution is 0.0944. The quantitative estimate of drug-likeness (QED) is 0.0998. The molecule has 0 aliphatic heterocycles. The van der Waals surface area contributed by atoms with Crippen LogP contribution in [0.2, 0.25) is 0 Å². The minimum absolute atomic E-state index is 0.0238. The number of hydrogen-bond acceptors (Lipinski definition) is 13. The lowest BCUT2D eigenvalue weighted by Crippen LogP contribution is -2.43. The van der Waals surface area contributed by atoms with Crippen molar-refractivity contribution in [1.82, 2.24) is 20.9 Å². The van der Waals surface area contributed by atoms with E-state index in [1.54, 1.807) is 4.90 Å². The lowest BCUT2D eigenvalue weighted by atomic mass is 10.1. The van der Waals surface area contributed by atoms with E-state index in [1.807, 2.05) is 0 Å². The van der Waals surface area contributed by atoms with Gasteiger partial charge in [0.2, 0.25) is 0 Å². The van der Waals surface area contributed by atoms with E-state index in [0.717, 1.165) is 0 Å². The fraction of sp³-hybridized carbons (Fsp3) is 0.167. The number of nitrogens with zero attached hydrogens (tertiary/aromatic N) is 1. The number of phenolic OH excluding ortho intramolecular Hbond substituents is 3. The molecule has 16 nitrogen and oxygen atoms in total. The number of carbonyl (C=O) groups is 3. The van der Waals surface area contributed by atoms with Crippen LogP contribution >= 0.6 is 0 Å². The molecule has 0 bridgehead atoms. The summed E-state index contributed by atoms with van der Waals surface area (Å²) in [5.41, 5.74) is -3.13. The van der Waals surface area contributed by atoms with E-state index in [9.17, 15) is 44.1 Å². The average Bonchev–Trinajstić information content (AvgIpc) is 3.10. The van der Waals surface area contributed by atoms with Crippen LogP contribution in [0.4, 0.5) is 0 Å². The molecule has 266 valence electrons. The Kier molecular flexibility index (Phi) is 10.00. The molecule has 0 aliphatic rings. The maximum Gasteiger partial charge on any atom is 0.349 e. The van der Waals surface area contributed by atoms with Crippen LogP contribution in [0.15, 0.2) is 100 Å². The molecule has 0 unspecified atom stereocenters. The highest BCUT2D eigenvalue weighted by molar-refractivity contribution is 5.98. The third-order valence-corrected chi connectivity index (χ3v) is 8.03. The Morgan fingerprint density at radius 3 is 1.06 bits per heavy atom. The van der Waals surface area contributed by atoms with Gasteiger partial charge in [0.05, 0.1) is 0 Å². The zero-order chi connectivity index (χ0) is 36.9. The highest BCUT2D eigenvalue weighted by atomic mass is 16.4. The van der Waals surface area contributed by atoms with Gasteiger partial charge < -0.3 is 44.5 Å². The Balaban J connectivity index is 1.10. The van der Waals surface area contributed by atoms with Gasteiger partial charge in [0.1, 0.15) is 50.7 Å². The molecule has 6 aromatic rings. The average molecular weight is 711 g/mol. The second kappa shape index (κ2) is 14.9. The second-order valence-corrected chi connectivity index (χ2v) is 11.6. The fourth-order valence-corrected chi connectivity index (χ4v) is 5.38. The number of carbonyl (C=O) groups excluding carboxylic acids is 3. The van der Waals surface area contributed by atoms with E-state index < -0.39 is 34.6 Å². The van der Waals surface area contributed by atoms with Crippen molar-refractivity contribution in [3.8, 4) is 17.2 Å².